The van der Waals surface area contributed by atoms with Gasteiger partial charge in [0.05, 0.1) is 11.6 Å². The molecule has 0 saturated carbocycles. The lowest BCUT2D eigenvalue weighted by Crippen LogP contribution is -2.41. The second kappa shape index (κ2) is 9.44. The lowest BCUT2D eigenvalue weighted by molar-refractivity contribution is 0.189. The van der Waals surface area contributed by atoms with E-state index in [1.807, 2.05) is 30.3 Å². The van der Waals surface area contributed by atoms with Crippen molar-refractivity contribution in [2.75, 3.05) is 13.1 Å². The Balaban J connectivity index is 1.26. The third kappa shape index (κ3) is 5.17. The highest BCUT2D eigenvalue weighted by Crippen LogP contribution is 2.30. The lowest BCUT2D eigenvalue weighted by atomic mass is 10.0. The van der Waals surface area contributed by atoms with E-state index in [9.17, 15) is 0 Å². The second-order valence-electron chi connectivity index (χ2n) is 7.31. The highest BCUT2D eigenvalue weighted by Gasteiger charge is 2.19. The molecule has 1 N–H and O–H groups in total. The largest absolute Gasteiger partial charge is 0.460 e. The van der Waals surface area contributed by atoms with E-state index in [2.05, 4.69) is 63.1 Å². The molecule has 2 aromatic carbocycles. The molecule has 0 bridgehead atoms. The van der Waals surface area contributed by atoms with Gasteiger partial charge in [0, 0.05) is 21.7 Å². The van der Waals surface area contributed by atoms with Crippen LogP contribution >= 0.6 is 34.2 Å². The molecule has 146 valence electrons. The van der Waals surface area contributed by atoms with Crippen molar-refractivity contribution in [1.29, 1.82) is 0 Å². The first-order valence-electron chi connectivity index (χ1n) is 9.71. The molecule has 0 radical (unpaired) electrons. The van der Waals surface area contributed by atoms with Gasteiger partial charge in [0.25, 0.3) is 0 Å². The van der Waals surface area contributed by atoms with Crippen molar-refractivity contribution < 1.29 is 4.42 Å². The van der Waals surface area contributed by atoms with Gasteiger partial charge in [-0.3, -0.25) is 4.90 Å². The van der Waals surface area contributed by atoms with Gasteiger partial charge in [0.15, 0.2) is 0 Å². The predicted molar refractivity (Wildman–Crippen MR) is 123 cm³/mol. The van der Waals surface area contributed by atoms with Gasteiger partial charge in [-0.1, -0.05) is 41.9 Å². The zero-order chi connectivity index (χ0) is 19.3. The normalized spacial score (nSPS) is 15.8. The fourth-order valence-corrected chi connectivity index (χ4v) is 4.64. The number of halogens is 2. The first-order valence-corrected chi connectivity index (χ1v) is 11.2. The molecule has 0 spiro atoms. The summed E-state index contributed by atoms with van der Waals surface area (Å²) in [5, 5.41) is 4.38. The average molecular weight is 507 g/mol. The van der Waals surface area contributed by atoms with Crippen LogP contribution in [-0.4, -0.2) is 24.0 Å². The summed E-state index contributed by atoms with van der Waals surface area (Å²) in [6, 6.07) is 21.3. The van der Waals surface area contributed by atoms with Crippen LogP contribution in [-0.2, 0) is 13.1 Å². The molecule has 4 rings (SSSR count). The van der Waals surface area contributed by atoms with E-state index >= 15 is 0 Å². The minimum absolute atomic E-state index is 0.544. The third-order valence-electron chi connectivity index (χ3n) is 5.26. The Hall–Kier alpha value is -1.34. The summed E-state index contributed by atoms with van der Waals surface area (Å²) in [6.07, 6.45) is 2.34. The molecule has 0 amide bonds. The van der Waals surface area contributed by atoms with E-state index < -0.39 is 0 Å². The number of likely N-dealkylation sites (tertiary alicyclic amines) is 1. The topological polar surface area (TPSA) is 28.4 Å². The first-order chi connectivity index (χ1) is 13.7. The van der Waals surface area contributed by atoms with Crippen molar-refractivity contribution in [1.82, 2.24) is 10.2 Å². The Morgan fingerprint density at radius 1 is 1.04 bits per heavy atom. The molecule has 0 atom stereocenters. The summed E-state index contributed by atoms with van der Waals surface area (Å²) in [5.41, 5.74) is 2.34. The van der Waals surface area contributed by atoms with Gasteiger partial charge in [-0.05, 0) is 84.4 Å². The molecule has 0 aliphatic carbocycles. The first kappa shape index (κ1) is 20.0. The Bertz CT molecular complexity index is 904. The smallest absolute Gasteiger partial charge is 0.135 e. The standard InChI is InChI=1S/C23H24ClIN2O/c24-22-14-18(25)6-8-21(22)23-9-7-20(28-23)15-26-19-10-12-27(13-11-19)16-17-4-2-1-3-5-17/h1-9,14,19,26H,10-13,15-16H2. The summed E-state index contributed by atoms with van der Waals surface area (Å²) in [7, 11) is 0. The monoisotopic (exact) mass is 506 g/mol. The van der Waals surface area contributed by atoms with Crippen LogP contribution in [0.2, 0.25) is 5.02 Å². The van der Waals surface area contributed by atoms with Crippen LogP contribution in [0.15, 0.2) is 65.1 Å². The number of nitrogens with one attached hydrogen (secondary N) is 1. The number of rotatable bonds is 6. The summed E-state index contributed by atoms with van der Waals surface area (Å²) < 4.78 is 7.15. The van der Waals surface area contributed by atoms with Gasteiger partial charge in [-0.25, -0.2) is 0 Å². The number of piperidine rings is 1. The van der Waals surface area contributed by atoms with Gasteiger partial charge in [-0.2, -0.15) is 0 Å². The van der Waals surface area contributed by atoms with Crippen LogP contribution in [0.5, 0.6) is 0 Å². The Morgan fingerprint density at radius 2 is 1.82 bits per heavy atom. The van der Waals surface area contributed by atoms with Crippen molar-refractivity contribution in [2.45, 2.75) is 32.0 Å². The summed E-state index contributed by atoms with van der Waals surface area (Å²) in [5.74, 6) is 1.78. The molecular weight excluding hydrogens is 483 g/mol. The minimum Gasteiger partial charge on any atom is -0.460 e. The maximum Gasteiger partial charge on any atom is 0.135 e. The second-order valence-corrected chi connectivity index (χ2v) is 8.96. The molecule has 3 nitrogen and oxygen atoms in total. The molecule has 1 aliphatic rings. The minimum atomic E-state index is 0.544. The Kier molecular flexibility index (Phi) is 6.73. The predicted octanol–water partition coefficient (Wildman–Crippen LogP) is 5.96. The van der Waals surface area contributed by atoms with Crippen LogP contribution in [0.3, 0.4) is 0 Å². The number of hydrogen-bond donors (Lipinski definition) is 1. The summed E-state index contributed by atoms with van der Waals surface area (Å²) in [4.78, 5) is 2.54. The average Bonchev–Trinajstić information content (AvgIpc) is 3.17. The summed E-state index contributed by atoms with van der Waals surface area (Å²) >= 11 is 8.62. The molecule has 1 saturated heterocycles. The van der Waals surface area contributed by atoms with Gasteiger partial charge in [-0.15, -0.1) is 0 Å². The highest BCUT2D eigenvalue weighted by molar-refractivity contribution is 14.1. The van der Waals surface area contributed by atoms with Crippen LogP contribution in [0.4, 0.5) is 0 Å². The van der Waals surface area contributed by atoms with Crippen LogP contribution in [0.1, 0.15) is 24.2 Å². The van der Waals surface area contributed by atoms with Crippen LogP contribution < -0.4 is 5.32 Å². The van der Waals surface area contributed by atoms with E-state index in [4.69, 9.17) is 16.0 Å². The van der Waals surface area contributed by atoms with E-state index in [1.165, 1.54) is 18.4 Å². The molecule has 2 heterocycles. The zero-order valence-electron chi connectivity index (χ0n) is 15.7. The fourth-order valence-electron chi connectivity index (χ4n) is 3.69. The quantitative estimate of drug-likeness (QED) is 0.418. The molecule has 1 aliphatic heterocycles. The van der Waals surface area contributed by atoms with Crippen molar-refractivity contribution >= 4 is 34.2 Å². The zero-order valence-corrected chi connectivity index (χ0v) is 18.6. The molecule has 3 aromatic rings. The molecule has 28 heavy (non-hydrogen) atoms. The van der Waals surface area contributed by atoms with Crippen molar-refractivity contribution in [3.63, 3.8) is 0 Å². The molecule has 1 aromatic heterocycles. The van der Waals surface area contributed by atoms with E-state index in [0.29, 0.717) is 6.04 Å². The van der Waals surface area contributed by atoms with Gasteiger partial charge in [0.1, 0.15) is 11.5 Å². The van der Waals surface area contributed by atoms with Gasteiger partial charge >= 0.3 is 0 Å². The van der Waals surface area contributed by atoms with Crippen molar-refractivity contribution in [3.05, 3.63) is 80.6 Å². The van der Waals surface area contributed by atoms with Crippen molar-refractivity contribution in [2.24, 2.45) is 0 Å². The molecule has 1 fully saturated rings. The maximum atomic E-state index is 6.36. The van der Waals surface area contributed by atoms with E-state index in [-0.39, 0.29) is 0 Å². The van der Waals surface area contributed by atoms with Crippen LogP contribution in [0.25, 0.3) is 11.3 Å². The van der Waals surface area contributed by atoms with E-state index in [1.54, 1.807) is 0 Å². The number of furan rings is 1. The maximum absolute atomic E-state index is 6.36. The van der Waals surface area contributed by atoms with Gasteiger partial charge < -0.3 is 9.73 Å². The lowest BCUT2D eigenvalue weighted by Gasteiger charge is -2.32. The number of nitrogens with zero attached hydrogens (tertiary/aromatic N) is 1. The Morgan fingerprint density at radius 3 is 2.57 bits per heavy atom. The third-order valence-corrected chi connectivity index (χ3v) is 6.24. The fraction of sp³-hybridized carbons (Fsp3) is 0.304. The molecule has 5 heteroatoms. The number of benzene rings is 2. The molecular formula is C23H24ClIN2O. The highest BCUT2D eigenvalue weighted by atomic mass is 127. The van der Waals surface area contributed by atoms with E-state index in [0.717, 1.165) is 51.9 Å². The Labute approximate surface area is 185 Å². The number of hydrogen-bond acceptors (Lipinski definition) is 3. The van der Waals surface area contributed by atoms with Gasteiger partial charge in [0.2, 0.25) is 0 Å². The van der Waals surface area contributed by atoms with Crippen molar-refractivity contribution in [3.8, 4) is 11.3 Å². The van der Waals surface area contributed by atoms with Crippen LogP contribution in [0, 0.1) is 3.57 Å². The SMILES string of the molecule is Clc1cc(I)ccc1-c1ccc(CNC2CCN(Cc3ccccc3)CC2)o1. The molecule has 0 unspecified atom stereocenters. The summed E-state index contributed by atoms with van der Waals surface area (Å²) in [6.45, 7) is 4.07.